The van der Waals surface area contributed by atoms with Crippen LogP contribution in [0, 0.1) is 13.8 Å². The van der Waals surface area contributed by atoms with Crippen LogP contribution in [0.3, 0.4) is 0 Å². The third-order valence-electron chi connectivity index (χ3n) is 2.92. The van der Waals surface area contributed by atoms with Crippen molar-refractivity contribution in [2.75, 3.05) is 10.5 Å². The van der Waals surface area contributed by atoms with E-state index in [1.807, 2.05) is 13.0 Å². The summed E-state index contributed by atoms with van der Waals surface area (Å²) in [5.41, 5.74) is 8.30. The molecule has 0 atom stereocenters. The summed E-state index contributed by atoms with van der Waals surface area (Å²) >= 11 is 3.26. The fourth-order valence-electron chi connectivity index (χ4n) is 1.87. The molecular weight excluding hydrogens is 340 g/mol. The molecule has 0 fully saturated rings. The zero-order valence-electron chi connectivity index (χ0n) is 11.1. The van der Waals surface area contributed by atoms with Crippen molar-refractivity contribution in [2.24, 2.45) is 0 Å². The molecule has 2 aromatic rings. The topological polar surface area (TPSA) is 72.2 Å². The minimum atomic E-state index is -3.67. The molecule has 0 radical (unpaired) electrons. The number of nitrogens with two attached hydrogens (primary N) is 1. The first kappa shape index (κ1) is 14.9. The normalized spacial score (nSPS) is 11.3. The van der Waals surface area contributed by atoms with E-state index < -0.39 is 10.0 Å². The monoisotopic (exact) mass is 354 g/mol. The molecule has 0 spiro atoms. The number of aryl methyl sites for hydroxylation is 1. The molecule has 0 bridgehead atoms. The first-order valence-electron chi connectivity index (χ1n) is 5.95. The van der Waals surface area contributed by atoms with Gasteiger partial charge in [-0.1, -0.05) is 28.1 Å². The molecular formula is C14H15BrN2O2S. The molecule has 2 rings (SSSR count). The van der Waals surface area contributed by atoms with Gasteiger partial charge in [-0.3, -0.25) is 4.72 Å². The molecule has 0 aromatic heterocycles. The first-order chi connectivity index (χ1) is 9.29. The van der Waals surface area contributed by atoms with E-state index >= 15 is 0 Å². The van der Waals surface area contributed by atoms with Gasteiger partial charge in [-0.15, -0.1) is 0 Å². The van der Waals surface area contributed by atoms with E-state index in [1.54, 1.807) is 37.3 Å². The van der Waals surface area contributed by atoms with E-state index in [0.717, 1.165) is 5.56 Å². The summed E-state index contributed by atoms with van der Waals surface area (Å²) < 4.78 is 28.1. The Bertz CT molecular complexity index is 758. The van der Waals surface area contributed by atoms with Gasteiger partial charge >= 0.3 is 0 Å². The molecule has 2 aromatic carbocycles. The fraction of sp³-hybridized carbons (Fsp3) is 0.143. The molecule has 0 aliphatic carbocycles. The molecule has 0 aliphatic heterocycles. The van der Waals surface area contributed by atoms with Crippen LogP contribution < -0.4 is 10.5 Å². The van der Waals surface area contributed by atoms with Crippen molar-refractivity contribution >= 4 is 37.3 Å². The van der Waals surface area contributed by atoms with Gasteiger partial charge in [0.1, 0.15) is 0 Å². The Balaban J connectivity index is 2.46. The van der Waals surface area contributed by atoms with Crippen LogP contribution in [0.1, 0.15) is 11.1 Å². The predicted octanol–water partition coefficient (Wildman–Crippen LogP) is 3.45. The van der Waals surface area contributed by atoms with Gasteiger partial charge in [0, 0.05) is 15.8 Å². The van der Waals surface area contributed by atoms with E-state index in [0.29, 0.717) is 21.4 Å². The number of hydrogen-bond acceptors (Lipinski definition) is 3. The number of benzene rings is 2. The van der Waals surface area contributed by atoms with Crippen LogP contribution in [-0.2, 0) is 10.0 Å². The van der Waals surface area contributed by atoms with Crippen molar-refractivity contribution in [2.45, 2.75) is 18.7 Å². The summed E-state index contributed by atoms with van der Waals surface area (Å²) in [6, 6.07) is 10.4. The Hall–Kier alpha value is -1.53. The fourth-order valence-corrected chi connectivity index (χ4v) is 3.85. The zero-order chi connectivity index (χ0) is 14.9. The summed E-state index contributed by atoms with van der Waals surface area (Å²) in [6.45, 7) is 3.59. The van der Waals surface area contributed by atoms with Gasteiger partial charge in [-0.2, -0.15) is 0 Å². The molecule has 4 nitrogen and oxygen atoms in total. The van der Waals surface area contributed by atoms with E-state index in [2.05, 4.69) is 20.7 Å². The second kappa shape index (κ2) is 5.46. The number of nitrogen functional groups attached to an aromatic ring is 1. The van der Waals surface area contributed by atoms with E-state index in [4.69, 9.17) is 5.73 Å². The largest absolute Gasteiger partial charge is 0.398 e. The number of rotatable bonds is 3. The lowest BCUT2D eigenvalue weighted by atomic mass is 10.2. The molecule has 0 saturated heterocycles. The zero-order valence-corrected chi connectivity index (χ0v) is 13.5. The highest BCUT2D eigenvalue weighted by molar-refractivity contribution is 9.10. The summed E-state index contributed by atoms with van der Waals surface area (Å²) in [5.74, 6) is 0. The summed E-state index contributed by atoms with van der Waals surface area (Å²) in [4.78, 5) is 0.172. The molecule has 0 aliphatic rings. The van der Waals surface area contributed by atoms with Crippen LogP contribution in [0.5, 0.6) is 0 Å². The number of halogens is 1. The van der Waals surface area contributed by atoms with Crippen molar-refractivity contribution < 1.29 is 8.42 Å². The lowest BCUT2D eigenvalue weighted by molar-refractivity contribution is 0.600. The van der Waals surface area contributed by atoms with Gasteiger partial charge in [0.15, 0.2) is 0 Å². The minimum Gasteiger partial charge on any atom is -0.398 e. The van der Waals surface area contributed by atoms with Gasteiger partial charge in [0.05, 0.1) is 4.90 Å². The molecule has 0 heterocycles. The maximum absolute atomic E-state index is 12.5. The maximum atomic E-state index is 12.5. The van der Waals surface area contributed by atoms with E-state index in [-0.39, 0.29) is 4.90 Å². The lowest BCUT2D eigenvalue weighted by Crippen LogP contribution is -2.15. The number of nitrogens with one attached hydrogen (secondary N) is 1. The predicted molar refractivity (Wildman–Crippen MR) is 85.3 cm³/mol. The van der Waals surface area contributed by atoms with Crippen LogP contribution in [0.15, 0.2) is 45.8 Å². The lowest BCUT2D eigenvalue weighted by Gasteiger charge is -2.13. The SMILES string of the molecule is Cc1cccc(NS(=O)(=O)c2cc(Br)cc(N)c2C)c1. The van der Waals surface area contributed by atoms with Crippen molar-refractivity contribution in [3.8, 4) is 0 Å². The Morgan fingerprint density at radius 1 is 1.15 bits per heavy atom. The van der Waals surface area contributed by atoms with E-state index in [9.17, 15) is 8.42 Å². The Morgan fingerprint density at radius 3 is 2.50 bits per heavy atom. The van der Waals surface area contributed by atoms with Crippen LogP contribution in [0.2, 0.25) is 0 Å². The number of sulfonamides is 1. The molecule has 6 heteroatoms. The van der Waals surface area contributed by atoms with Gasteiger partial charge < -0.3 is 5.73 Å². The Kier molecular flexibility index (Phi) is 4.06. The first-order valence-corrected chi connectivity index (χ1v) is 8.22. The molecule has 0 amide bonds. The molecule has 20 heavy (non-hydrogen) atoms. The van der Waals surface area contributed by atoms with Crippen molar-refractivity contribution in [1.82, 2.24) is 0 Å². The van der Waals surface area contributed by atoms with Gasteiger partial charge in [0.25, 0.3) is 10.0 Å². The highest BCUT2D eigenvalue weighted by Crippen LogP contribution is 2.27. The number of anilines is 2. The highest BCUT2D eigenvalue weighted by Gasteiger charge is 2.19. The van der Waals surface area contributed by atoms with Crippen molar-refractivity contribution in [3.05, 3.63) is 52.0 Å². The summed E-state index contributed by atoms with van der Waals surface area (Å²) in [7, 11) is -3.67. The van der Waals surface area contributed by atoms with Crippen LogP contribution >= 0.6 is 15.9 Å². The molecule has 106 valence electrons. The van der Waals surface area contributed by atoms with Gasteiger partial charge in [0.2, 0.25) is 0 Å². The van der Waals surface area contributed by atoms with E-state index in [1.165, 1.54) is 0 Å². The second-order valence-electron chi connectivity index (χ2n) is 4.59. The average Bonchev–Trinajstić information content (AvgIpc) is 2.33. The smallest absolute Gasteiger partial charge is 0.262 e. The quantitative estimate of drug-likeness (QED) is 0.829. The Labute approximate surface area is 127 Å². The third-order valence-corrected chi connectivity index (χ3v) is 4.89. The maximum Gasteiger partial charge on any atom is 0.262 e. The summed E-state index contributed by atoms with van der Waals surface area (Å²) in [6.07, 6.45) is 0. The average molecular weight is 355 g/mol. The second-order valence-corrected chi connectivity index (χ2v) is 7.16. The molecule has 3 N–H and O–H groups in total. The minimum absolute atomic E-state index is 0.172. The van der Waals surface area contributed by atoms with Crippen molar-refractivity contribution in [3.63, 3.8) is 0 Å². The number of hydrogen-bond donors (Lipinski definition) is 2. The van der Waals surface area contributed by atoms with Crippen molar-refractivity contribution in [1.29, 1.82) is 0 Å². The van der Waals surface area contributed by atoms with Gasteiger partial charge in [-0.05, 0) is 49.2 Å². The third kappa shape index (κ3) is 3.13. The van der Waals surface area contributed by atoms with Gasteiger partial charge in [-0.25, -0.2) is 8.42 Å². The standard InChI is InChI=1S/C14H15BrN2O2S/c1-9-4-3-5-12(6-9)17-20(18,19)14-8-11(15)7-13(16)10(14)2/h3-8,17H,16H2,1-2H3. The Morgan fingerprint density at radius 2 is 1.85 bits per heavy atom. The summed E-state index contributed by atoms with van der Waals surface area (Å²) in [5, 5.41) is 0. The molecule has 0 saturated carbocycles. The van der Waals surface area contributed by atoms with Crippen LogP contribution in [0.4, 0.5) is 11.4 Å². The van der Waals surface area contributed by atoms with Crippen LogP contribution in [-0.4, -0.2) is 8.42 Å². The highest BCUT2D eigenvalue weighted by atomic mass is 79.9. The van der Waals surface area contributed by atoms with Crippen LogP contribution in [0.25, 0.3) is 0 Å². The molecule has 0 unspecified atom stereocenters.